The van der Waals surface area contributed by atoms with Crippen LogP contribution in [0.15, 0.2) is 0 Å². The Labute approximate surface area is 67.9 Å². The normalized spacial score (nSPS) is 14.1. The Morgan fingerprint density at radius 2 is 2.08 bits per heavy atom. The van der Waals surface area contributed by atoms with Gasteiger partial charge in [0.05, 0.1) is 6.61 Å². The minimum Gasteiger partial charge on any atom is -0.383 e. The minimum absolute atomic E-state index is 0.0574. The standard InChI is InChI=1S/C6H10F3NO2/c1-4(3-12-2)10-5(11)6(7,8)9/h4H,3H2,1-2H3,(H,10,11)/t4-/m1/s1. The Bertz CT molecular complexity index is 157. The summed E-state index contributed by atoms with van der Waals surface area (Å²) in [6, 6.07) is -0.635. The average molecular weight is 185 g/mol. The minimum atomic E-state index is -4.82. The summed E-state index contributed by atoms with van der Waals surface area (Å²) in [6.07, 6.45) is -4.82. The molecule has 0 aromatic rings. The van der Waals surface area contributed by atoms with E-state index < -0.39 is 18.1 Å². The molecule has 0 aromatic carbocycles. The SMILES string of the molecule is COC[C@@H](C)NC(=O)C(F)(F)F. The monoisotopic (exact) mass is 185 g/mol. The van der Waals surface area contributed by atoms with E-state index in [1.807, 2.05) is 0 Å². The first kappa shape index (κ1) is 11.2. The molecule has 0 heterocycles. The van der Waals surface area contributed by atoms with Gasteiger partial charge in [0.1, 0.15) is 0 Å². The molecule has 0 spiro atoms. The lowest BCUT2D eigenvalue weighted by Crippen LogP contribution is -2.43. The van der Waals surface area contributed by atoms with Gasteiger partial charge in [-0.1, -0.05) is 0 Å². The third kappa shape index (κ3) is 4.17. The summed E-state index contributed by atoms with van der Waals surface area (Å²) < 4.78 is 39.3. The van der Waals surface area contributed by atoms with Crippen LogP contribution >= 0.6 is 0 Å². The van der Waals surface area contributed by atoms with Crippen molar-refractivity contribution in [3.63, 3.8) is 0 Å². The van der Waals surface area contributed by atoms with Gasteiger partial charge in [-0.2, -0.15) is 13.2 Å². The number of rotatable bonds is 3. The number of alkyl halides is 3. The number of carbonyl (C=O) groups is 1. The number of nitrogens with one attached hydrogen (secondary N) is 1. The highest BCUT2D eigenvalue weighted by Gasteiger charge is 2.39. The molecule has 0 rings (SSSR count). The van der Waals surface area contributed by atoms with Gasteiger partial charge in [-0.05, 0) is 6.92 Å². The molecule has 0 saturated carbocycles. The molecular formula is C6H10F3NO2. The molecular weight excluding hydrogens is 175 g/mol. The van der Waals surface area contributed by atoms with Crippen molar-refractivity contribution < 1.29 is 22.7 Å². The van der Waals surface area contributed by atoms with Crippen LogP contribution in [0.4, 0.5) is 13.2 Å². The quantitative estimate of drug-likeness (QED) is 0.702. The second-order valence-electron chi connectivity index (χ2n) is 2.33. The maximum absolute atomic E-state index is 11.6. The van der Waals surface area contributed by atoms with Crippen LogP contribution in [0.1, 0.15) is 6.92 Å². The van der Waals surface area contributed by atoms with E-state index >= 15 is 0 Å². The lowest BCUT2D eigenvalue weighted by molar-refractivity contribution is -0.174. The lowest BCUT2D eigenvalue weighted by Gasteiger charge is -2.13. The van der Waals surface area contributed by atoms with Crippen molar-refractivity contribution in [3.05, 3.63) is 0 Å². The van der Waals surface area contributed by atoms with Crippen LogP contribution in [-0.2, 0) is 9.53 Å². The topological polar surface area (TPSA) is 38.3 Å². The fourth-order valence-electron chi connectivity index (χ4n) is 0.597. The van der Waals surface area contributed by atoms with E-state index in [4.69, 9.17) is 0 Å². The van der Waals surface area contributed by atoms with E-state index in [-0.39, 0.29) is 6.61 Å². The van der Waals surface area contributed by atoms with E-state index in [9.17, 15) is 18.0 Å². The molecule has 6 heteroatoms. The van der Waals surface area contributed by atoms with Crippen LogP contribution in [0, 0.1) is 0 Å². The van der Waals surface area contributed by atoms with Crippen molar-refractivity contribution in [2.45, 2.75) is 19.1 Å². The molecule has 0 aliphatic heterocycles. The fraction of sp³-hybridized carbons (Fsp3) is 0.833. The molecule has 0 radical (unpaired) electrons. The zero-order valence-electron chi connectivity index (χ0n) is 6.73. The van der Waals surface area contributed by atoms with E-state index in [2.05, 4.69) is 4.74 Å². The molecule has 0 aliphatic rings. The summed E-state index contributed by atoms with van der Waals surface area (Å²) in [5.74, 6) is -1.94. The molecule has 0 saturated heterocycles. The summed E-state index contributed by atoms with van der Waals surface area (Å²) in [4.78, 5) is 10.3. The van der Waals surface area contributed by atoms with Gasteiger partial charge in [0.15, 0.2) is 0 Å². The maximum atomic E-state index is 11.6. The highest BCUT2D eigenvalue weighted by molar-refractivity contribution is 5.81. The predicted molar refractivity (Wildman–Crippen MR) is 35.5 cm³/mol. The molecule has 3 nitrogen and oxygen atoms in total. The van der Waals surface area contributed by atoms with Crippen LogP contribution in [0.5, 0.6) is 0 Å². The molecule has 12 heavy (non-hydrogen) atoms. The molecule has 0 fully saturated rings. The average Bonchev–Trinajstić information content (AvgIpc) is 1.85. The number of carbonyl (C=O) groups excluding carboxylic acids is 1. The number of ether oxygens (including phenoxy) is 1. The van der Waals surface area contributed by atoms with Crippen LogP contribution in [-0.4, -0.2) is 31.8 Å². The van der Waals surface area contributed by atoms with Crippen LogP contribution in [0.3, 0.4) is 0 Å². The first-order valence-corrected chi connectivity index (χ1v) is 3.24. The van der Waals surface area contributed by atoms with E-state index in [1.165, 1.54) is 14.0 Å². The van der Waals surface area contributed by atoms with Gasteiger partial charge >= 0.3 is 12.1 Å². The Balaban J connectivity index is 3.85. The maximum Gasteiger partial charge on any atom is 0.471 e. The van der Waals surface area contributed by atoms with Crippen LogP contribution in [0.25, 0.3) is 0 Å². The Kier molecular flexibility index (Phi) is 4.02. The molecule has 0 bridgehead atoms. The third-order valence-corrected chi connectivity index (χ3v) is 1.05. The summed E-state index contributed by atoms with van der Waals surface area (Å²) in [5.41, 5.74) is 0. The summed E-state index contributed by atoms with van der Waals surface area (Å²) in [6.45, 7) is 1.48. The first-order chi connectivity index (χ1) is 5.38. The lowest BCUT2D eigenvalue weighted by atomic mass is 10.3. The fourth-order valence-corrected chi connectivity index (χ4v) is 0.597. The van der Waals surface area contributed by atoms with Crippen molar-refractivity contribution in [2.75, 3.05) is 13.7 Å². The molecule has 1 amide bonds. The molecule has 0 unspecified atom stereocenters. The zero-order chi connectivity index (χ0) is 9.78. The Morgan fingerprint density at radius 1 is 1.58 bits per heavy atom. The van der Waals surface area contributed by atoms with Gasteiger partial charge in [0, 0.05) is 13.2 Å². The van der Waals surface area contributed by atoms with Crippen molar-refractivity contribution in [2.24, 2.45) is 0 Å². The second-order valence-corrected chi connectivity index (χ2v) is 2.33. The number of halogens is 3. The molecule has 1 N–H and O–H groups in total. The van der Waals surface area contributed by atoms with Gasteiger partial charge in [0.25, 0.3) is 0 Å². The summed E-state index contributed by atoms with van der Waals surface area (Å²) in [5, 5.41) is 1.73. The van der Waals surface area contributed by atoms with Crippen molar-refractivity contribution in [1.29, 1.82) is 0 Å². The van der Waals surface area contributed by atoms with Crippen molar-refractivity contribution in [1.82, 2.24) is 5.32 Å². The predicted octanol–water partition coefficient (Wildman–Crippen LogP) is 0.700. The largest absolute Gasteiger partial charge is 0.471 e. The third-order valence-electron chi connectivity index (χ3n) is 1.05. The molecule has 0 aromatic heterocycles. The van der Waals surface area contributed by atoms with Gasteiger partial charge in [-0.25, -0.2) is 0 Å². The zero-order valence-corrected chi connectivity index (χ0v) is 6.73. The number of hydrogen-bond donors (Lipinski definition) is 1. The van der Waals surface area contributed by atoms with Gasteiger partial charge in [0.2, 0.25) is 0 Å². The van der Waals surface area contributed by atoms with E-state index in [0.717, 1.165) is 0 Å². The smallest absolute Gasteiger partial charge is 0.383 e. The van der Waals surface area contributed by atoms with Gasteiger partial charge in [-0.3, -0.25) is 4.79 Å². The van der Waals surface area contributed by atoms with E-state index in [1.54, 1.807) is 5.32 Å². The molecule has 72 valence electrons. The Morgan fingerprint density at radius 3 is 2.42 bits per heavy atom. The summed E-state index contributed by atoms with van der Waals surface area (Å²) in [7, 11) is 1.34. The number of amides is 1. The van der Waals surface area contributed by atoms with Crippen molar-refractivity contribution >= 4 is 5.91 Å². The second kappa shape index (κ2) is 4.30. The molecule has 0 aliphatic carbocycles. The molecule has 1 atom stereocenters. The van der Waals surface area contributed by atoms with Gasteiger partial charge < -0.3 is 10.1 Å². The van der Waals surface area contributed by atoms with E-state index in [0.29, 0.717) is 0 Å². The Hall–Kier alpha value is -0.780. The van der Waals surface area contributed by atoms with Crippen LogP contribution in [0.2, 0.25) is 0 Å². The first-order valence-electron chi connectivity index (χ1n) is 3.24. The number of methoxy groups -OCH3 is 1. The summed E-state index contributed by atoms with van der Waals surface area (Å²) >= 11 is 0. The highest BCUT2D eigenvalue weighted by atomic mass is 19.4. The van der Waals surface area contributed by atoms with Crippen LogP contribution < -0.4 is 5.32 Å². The van der Waals surface area contributed by atoms with Gasteiger partial charge in [-0.15, -0.1) is 0 Å². The number of hydrogen-bond acceptors (Lipinski definition) is 2. The highest BCUT2D eigenvalue weighted by Crippen LogP contribution is 2.14. The van der Waals surface area contributed by atoms with Crippen molar-refractivity contribution in [3.8, 4) is 0 Å².